The maximum Gasteiger partial charge on any atom is 0.490 e. The number of fused-ring (bicyclic) bond motifs is 1. The summed E-state index contributed by atoms with van der Waals surface area (Å²) in [6, 6.07) is 0. The lowest BCUT2D eigenvalue weighted by Crippen LogP contribution is -2.28. The molecule has 0 saturated heterocycles. The predicted molar refractivity (Wildman–Crippen MR) is 60.5 cm³/mol. The zero-order valence-electron chi connectivity index (χ0n) is 8.95. The van der Waals surface area contributed by atoms with Gasteiger partial charge < -0.3 is 15.7 Å². The summed E-state index contributed by atoms with van der Waals surface area (Å²) in [6.45, 7) is 0.253. The van der Waals surface area contributed by atoms with Crippen LogP contribution in [-0.4, -0.2) is 39.7 Å². The summed E-state index contributed by atoms with van der Waals surface area (Å²) in [5.41, 5.74) is 0. The second-order valence-corrected chi connectivity index (χ2v) is 3.91. The second kappa shape index (κ2) is 5.82. The molecule has 0 aliphatic carbocycles. The van der Waals surface area contributed by atoms with E-state index in [-0.39, 0.29) is 12.5 Å². The van der Waals surface area contributed by atoms with Crippen LogP contribution in [0.15, 0.2) is 10.8 Å². The summed E-state index contributed by atoms with van der Waals surface area (Å²) < 4.78 is 32.3. The van der Waals surface area contributed by atoms with Crippen molar-refractivity contribution < 1.29 is 27.9 Å². The van der Waals surface area contributed by atoms with Crippen LogP contribution in [0, 0.1) is 0 Å². The molecule has 0 fully saturated rings. The van der Waals surface area contributed by atoms with E-state index in [4.69, 9.17) is 9.90 Å². The molecule has 2 heterocycles. The summed E-state index contributed by atoms with van der Waals surface area (Å²) in [4.78, 5) is 27.8. The van der Waals surface area contributed by atoms with Crippen LogP contribution in [0.2, 0.25) is 0 Å². The molecule has 0 atom stereocenters. The monoisotopic (exact) mass is 342 g/mol. The van der Waals surface area contributed by atoms with Crippen LogP contribution in [0.3, 0.4) is 0 Å². The van der Waals surface area contributed by atoms with E-state index in [0.29, 0.717) is 16.2 Å². The first-order chi connectivity index (χ1) is 8.70. The Morgan fingerprint density at radius 2 is 2.00 bits per heavy atom. The van der Waals surface area contributed by atoms with E-state index in [1.54, 1.807) is 6.20 Å². The Morgan fingerprint density at radius 1 is 1.42 bits per heavy atom. The fourth-order valence-electron chi connectivity index (χ4n) is 0.924. The third-order valence-electron chi connectivity index (χ3n) is 1.66. The molecule has 104 valence electrons. The number of hydrogen-bond donors (Lipinski definition) is 3. The number of carbonyl (C=O) groups is 2. The maximum atomic E-state index is 10.9. The highest BCUT2D eigenvalue weighted by Crippen LogP contribution is 2.20. The summed E-state index contributed by atoms with van der Waals surface area (Å²) in [5, 5.41) is 12.6. The quantitative estimate of drug-likeness (QED) is 0.655. The molecule has 0 radical (unpaired) electrons. The largest absolute Gasteiger partial charge is 0.490 e. The van der Waals surface area contributed by atoms with Crippen molar-refractivity contribution in [3.05, 3.63) is 10.8 Å². The van der Waals surface area contributed by atoms with Gasteiger partial charge in [0.1, 0.15) is 4.60 Å². The summed E-state index contributed by atoms with van der Waals surface area (Å²) in [5.74, 6) is -1.78. The summed E-state index contributed by atoms with van der Waals surface area (Å²) in [7, 11) is 0. The number of amides is 1. The van der Waals surface area contributed by atoms with Crippen molar-refractivity contribution >= 4 is 39.4 Å². The van der Waals surface area contributed by atoms with E-state index >= 15 is 0 Å². The number of halogens is 4. The highest BCUT2D eigenvalue weighted by atomic mass is 79.9. The van der Waals surface area contributed by atoms with Gasteiger partial charge in [0.05, 0.1) is 12.7 Å². The molecular formula is C8H6BrF3N4O3. The van der Waals surface area contributed by atoms with Gasteiger partial charge in [-0.25, -0.2) is 14.8 Å². The van der Waals surface area contributed by atoms with Gasteiger partial charge in [0, 0.05) is 0 Å². The average Bonchev–Trinajstić information content (AvgIpc) is 2.27. The molecule has 1 aromatic heterocycles. The third-order valence-corrected chi connectivity index (χ3v) is 2.04. The van der Waals surface area contributed by atoms with Gasteiger partial charge in [0.25, 0.3) is 0 Å². The number of rotatable bonds is 0. The highest BCUT2D eigenvalue weighted by Gasteiger charge is 2.38. The number of nitrogens with zero attached hydrogens (tertiary/aromatic N) is 2. The molecule has 1 aliphatic rings. The number of carboxylic acid groups (broad SMARTS) is 1. The molecule has 1 aromatic rings. The molecule has 11 heteroatoms. The lowest BCUT2D eigenvalue weighted by Gasteiger charge is -2.15. The molecule has 1 aliphatic heterocycles. The number of aliphatic carboxylic acids is 1. The molecule has 0 saturated carbocycles. The smallest absolute Gasteiger partial charge is 0.475 e. The maximum absolute atomic E-state index is 10.9. The zero-order valence-corrected chi connectivity index (χ0v) is 10.5. The first kappa shape index (κ1) is 15.1. The van der Waals surface area contributed by atoms with Crippen molar-refractivity contribution in [2.75, 3.05) is 17.2 Å². The number of aromatic nitrogens is 2. The van der Waals surface area contributed by atoms with E-state index in [2.05, 4.69) is 36.5 Å². The fraction of sp³-hybridized carbons (Fsp3) is 0.250. The van der Waals surface area contributed by atoms with Crippen molar-refractivity contribution in [3.8, 4) is 0 Å². The van der Waals surface area contributed by atoms with Crippen LogP contribution in [0.25, 0.3) is 0 Å². The number of carboxylic acids is 1. The van der Waals surface area contributed by atoms with Gasteiger partial charge in [-0.1, -0.05) is 0 Å². The Labute approximate surface area is 112 Å². The first-order valence-corrected chi connectivity index (χ1v) is 5.36. The Bertz CT molecular complexity index is 509. The number of nitrogens with one attached hydrogen (secondary N) is 2. The van der Waals surface area contributed by atoms with Crippen LogP contribution in [0.4, 0.5) is 24.8 Å². The Morgan fingerprint density at radius 3 is 2.53 bits per heavy atom. The lowest BCUT2D eigenvalue weighted by molar-refractivity contribution is -0.192. The normalized spacial score (nSPS) is 13.4. The highest BCUT2D eigenvalue weighted by molar-refractivity contribution is 9.10. The number of hydrogen-bond acceptors (Lipinski definition) is 5. The zero-order chi connectivity index (χ0) is 14.6. The van der Waals surface area contributed by atoms with Crippen LogP contribution < -0.4 is 10.6 Å². The van der Waals surface area contributed by atoms with E-state index < -0.39 is 12.1 Å². The molecule has 3 N–H and O–H groups in total. The van der Waals surface area contributed by atoms with Crippen molar-refractivity contribution in [2.24, 2.45) is 0 Å². The molecule has 0 spiro atoms. The van der Waals surface area contributed by atoms with Gasteiger partial charge in [-0.3, -0.25) is 4.79 Å². The molecular weight excluding hydrogens is 337 g/mol. The van der Waals surface area contributed by atoms with Crippen molar-refractivity contribution in [2.45, 2.75) is 6.18 Å². The van der Waals surface area contributed by atoms with Gasteiger partial charge in [0.15, 0.2) is 11.6 Å². The van der Waals surface area contributed by atoms with Crippen LogP contribution in [-0.2, 0) is 9.59 Å². The summed E-state index contributed by atoms with van der Waals surface area (Å²) >= 11 is 3.16. The topological polar surface area (TPSA) is 104 Å². The SMILES string of the molecule is O=C(O)C(F)(F)F.O=C1CNc2ncc(Br)nc2N1. The average molecular weight is 343 g/mol. The number of anilines is 2. The van der Waals surface area contributed by atoms with Crippen molar-refractivity contribution in [3.63, 3.8) is 0 Å². The van der Waals surface area contributed by atoms with Crippen LogP contribution in [0.1, 0.15) is 0 Å². The standard InChI is InChI=1S/C6H5BrN4O.C2HF3O2/c7-3-1-8-5-6(10-3)11-4(12)2-9-5;3-2(4,5)1(6)7/h1H,2H2,(H,8,9)(H,10,11,12);(H,6,7). The Hall–Kier alpha value is -1.91. The minimum atomic E-state index is -5.08. The van der Waals surface area contributed by atoms with Gasteiger partial charge in [0.2, 0.25) is 5.91 Å². The minimum absolute atomic E-state index is 0.102. The van der Waals surface area contributed by atoms with E-state index in [9.17, 15) is 18.0 Å². The molecule has 0 aromatic carbocycles. The van der Waals surface area contributed by atoms with Gasteiger partial charge in [-0.15, -0.1) is 0 Å². The van der Waals surface area contributed by atoms with Gasteiger partial charge in [-0.2, -0.15) is 13.2 Å². The number of alkyl halides is 3. The molecule has 0 unspecified atom stereocenters. The van der Waals surface area contributed by atoms with E-state index in [1.807, 2.05) is 0 Å². The van der Waals surface area contributed by atoms with Crippen LogP contribution in [0.5, 0.6) is 0 Å². The van der Waals surface area contributed by atoms with Crippen LogP contribution >= 0.6 is 15.9 Å². The number of carbonyl (C=O) groups excluding carboxylic acids is 1. The Balaban J connectivity index is 0.000000224. The van der Waals surface area contributed by atoms with Crippen molar-refractivity contribution in [1.29, 1.82) is 0 Å². The Kier molecular flexibility index (Phi) is 4.64. The third kappa shape index (κ3) is 4.69. The lowest BCUT2D eigenvalue weighted by atomic mass is 10.4. The molecule has 2 rings (SSSR count). The molecule has 19 heavy (non-hydrogen) atoms. The minimum Gasteiger partial charge on any atom is -0.475 e. The van der Waals surface area contributed by atoms with Gasteiger partial charge in [-0.05, 0) is 15.9 Å². The van der Waals surface area contributed by atoms with Gasteiger partial charge >= 0.3 is 12.1 Å². The first-order valence-electron chi connectivity index (χ1n) is 4.56. The fourth-order valence-corrected chi connectivity index (χ4v) is 1.20. The van der Waals surface area contributed by atoms with E-state index in [1.165, 1.54) is 0 Å². The second-order valence-electron chi connectivity index (χ2n) is 3.09. The molecule has 7 nitrogen and oxygen atoms in total. The molecule has 1 amide bonds. The van der Waals surface area contributed by atoms with Crippen molar-refractivity contribution in [1.82, 2.24) is 9.97 Å². The molecule has 0 bridgehead atoms. The van der Waals surface area contributed by atoms with E-state index in [0.717, 1.165) is 0 Å². The summed E-state index contributed by atoms with van der Waals surface area (Å²) in [6.07, 6.45) is -3.51. The predicted octanol–water partition coefficient (Wildman–Crippen LogP) is 1.24.